The Balaban J connectivity index is 1.87. The number of furan rings is 1. The summed E-state index contributed by atoms with van der Waals surface area (Å²) < 4.78 is 10.8. The molecule has 0 radical (unpaired) electrons. The molecule has 0 unspecified atom stereocenters. The van der Waals surface area contributed by atoms with Gasteiger partial charge >= 0.3 is 0 Å². The Kier molecular flexibility index (Phi) is 4.79. The smallest absolute Gasteiger partial charge is 0.277 e. The number of carbonyl (C=O) groups is 1. The zero-order chi connectivity index (χ0) is 17.8. The summed E-state index contributed by atoms with van der Waals surface area (Å²) >= 11 is 0. The second kappa shape index (κ2) is 7.17. The minimum atomic E-state index is -0.369. The molecule has 1 amide bonds. The zero-order valence-corrected chi connectivity index (χ0v) is 14.4. The number of nitrogens with one attached hydrogen (secondary N) is 1. The number of rotatable bonds is 5. The number of nitrogens with zero attached hydrogens (tertiary/aromatic N) is 2. The number of aryl methyl sites for hydroxylation is 2. The van der Waals surface area contributed by atoms with E-state index in [9.17, 15) is 4.79 Å². The molecule has 0 spiro atoms. The van der Waals surface area contributed by atoms with Gasteiger partial charge in [0.15, 0.2) is 0 Å². The first-order chi connectivity index (χ1) is 12.1. The monoisotopic (exact) mass is 337 g/mol. The highest BCUT2D eigenvalue weighted by Crippen LogP contribution is 2.24. The molecule has 0 atom stereocenters. The number of amides is 1. The van der Waals surface area contributed by atoms with E-state index < -0.39 is 0 Å². The van der Waals surface area contributed by atoms with Crippen LogP contribution in [0.15, 0.2) is 56.5 Å². The fraction of sp³-hybridized carbons (Fsp3) is 0.211. The second-order valence-corrected chi connectivity index (χ2v) is 5.59. The molecule has 1 aromatic carbocycles. The maximum atomic E-state index is 12.6. The van der Waals surface area contributed by atoms with Gasteiger partial charge in [-0.05, 0) is 32.4 Å². The largest absolute Gasteiger partial charge is 0.460 e. The third-order valence-electron chi connectivity index (χ3n) is 3.79. The molecule has 2 aromatic heterocycles. The minimum Gasteiger partial charge on any atom is -0.460 e. The highest BCUT2D eigenvalue weighted by Gasteiger charge is 2.21. The summed E-state index contributed by atoms with van der Waals surface area (Å²) in [5, 5.41) is 8.22. The van der Waals surface area contributed by atoms with Crippen LogP contribution >= 0.6 is 0 Å². The van der Waals surface area contributed by atoms with Gasteiger partial charge in [-0.15, -0.1) is 0 Å². The Labute approximate surface area is 145 Å². The van der Waals surface area contributed by atoms with Crippen LogP contribution in [0.5, 0.6) is 0 Å². The standard InChI is InChI=1S/C19H19N3O3/c1-4-15(16-11-10-12(2)24-16)20-21-19(23)17-13(3)25-22-18(17)14-8-6-5-7-9-14/h5-11H,4H2,1-3H3,(H,21,23)/b20-15+. The Morgan fingerprint density at radius 3 is 2.56 bits per heavy atom. The van der Waals surface area contributed by atoms with Crippen LogP contribution in [0, 0.1) is 13.8 Å². The number of hydrazone groups is 1. The van der Waals surface area contributed by atoms with Crippen molar-refractivity contribution in [2.24, 2.45) is 5.10 Å². The average Bonchev–Trinajstić information content (AvgIpc) is 3.22. The van der Waals surface area contributed by atoms with Gasteiger partial charge in [-0.1, -0.05) is 42.4 Å². The normalized spacial score (nSPS) is 11.6. The molecule has 6 heteroatoms. The molecule has 0 aliphatic rings. The first-order valence-corrected chi connectivity index (χ1v) is 8.05. The van der Waals surface area contributed by atoms with E-state index in [-0.39, 0.29) is 5.91 Å². The van der Waals surface area contributed by atoms with Crippen LogP contribution in [0.25, 0.3) is 11.3 Å². The summed E-state index contributed by atoms with van der Waals surface area (Å²) in [5.74, 6) is 1.51. The molecule has 0 aliphatic heterocycles. The van der Waals surface area contributed by atoms with Gasteiger partial charge in [0, 0.05) is 5.56 Å². The molecule has 0 fully saturated rings. The predicted molar refractivity (Wildman–Crippen MR) is 94.4 cm³/mol. The van der Waals surface area contributed by atoms with Gasteiger partial charge < -0.3 is 8.94 Å². The highest BCUT2D eigenvalue weighted by atomic mass is 16.5. The summed E-state index contributed by atoms with van der Waals surface area (Å²) in [7, 11) is 0. The van der Waals surface area contributed by atoms with Gasteiger partial charge in [0.05, 0.1) is 0 Å². The summed E-state index contributed by atoms with van der Waals surface area (Å²) in [6, 6.07) is 13.1. The van der Waals surface area contributed by atoms with Gasteiger partial charge in [0.25, 0.3) is 5.91 Å². The molecule has 3 rings (SSSR count). The van der Waals surface area contributed by atoms with Crippen molar-refractivity contribution in [2.75, 3.05) is 0 Å². The Morgan fingerprint density at radius 1 is 1.16 bits per heavy atom. The van der Waals surface area contributed by atoms with Crippen molar-refractivity contribution in [3.8, 4) is 11.3 Å². The SMILES string of the molecule is CC/C(=N\NC(=O)c1c(-c2ccccc2)noc1C)c1ccc(C)o1. The van der Waals surface area contributed by atoms with Crippen LogP contribution in [0.3, 0.4) is 0 Å². The lowest BCUT2D eigenvalue weighted by Gasteiger charge is -2.04. The van der Waals surface area contributed by atoms with Crippen molar-refractivity contribution in [2.45, 2.75) is 27.2 Å². The van der Waals surface area contributed by atoms with E-state index in [0.717, 1.165) is 11.3 Å². The second-order valence-electron chi connectivity index (χ2n) is 5.59. The number of benzene rings is 1. The van der Waals surface area contributed by atoms with Crippen LogP contribution < -0.4 is 5.43 Å². The molecule has 25 heavy (non-hydrogen) atoms. The zero-order valence-electron chi connectivity index (χ0n) is 14.4. The minimum absolute atomic E-state index is 0.369. The third-order valence-corrected chi connectivity index (χ3v) is 3.79. The van der Waals surface area contributed by atoms with Gasteiger partial charge in [-0.3, -0.25) is 4.79 Å². The molecule has 128 valence electrons. The van der Waals surface area contributed by atoms with Gasteiger partial charge in [-0.25, -0.2) is 5.43 Å². The number of carbonyl (C=O) groups excluding carboxylic acids is 1. The van der Waals surface area contributed by atoms with E-state index in [2.05, 4.69) is 15.7 Å². The van der Waals surface area contributed by atoms with Gasteiger partial charge in [0.1, 0.15) is 34.2 Å². The third kappa shape index (κ3) is 3.52. The van der Waals surface area contributed by atoms with Crippen molar-refractivity contribution in [1.82, 2.24) is 10.6 Å². The number of aromatic nitrogens is 1. The Bertz CT molecular complexity index is 907. The van der Waals surface area contributed by atoms with Crippen molar-refractivity contribution < 1.29 is 13.7 Å². The molecule has 6 nitrogen and oxygen atoms in total. The molecule has 0 aliphatic carbocycles. The fourth-order valence-corrected chi connectivity index (χ4v) is 2.50. The molecule has 3 aromatic rings. The number of hydrogen-bond acceptors (Lipinski definition) is 5. The topological polar surface area (TPSA) is 80.6 Å². The van der Waals surface area contributed by atoms with Gasteiger partial charge in [-0.2, -0.15) is 5.10 Å². The number of hydrogen-bond donors (Lipinski definition) is 1. The molecule has 0 saturated carbocycles. The Morgan fingerprint density at radius 2 is 1.92 bits per heavy atom. The van der Waals surface area contributed by atoms with Crippen LogP contribution in [0.2, 0.25) is 0 Å². The van der Waals surface area contributed by atoms with E-state index in [1.807, 2.05) is 56.3 Å². The molecule has 0 saturated heterocycles. The van der Waals surface area contributed by atoms with Crippen LogP contribution in [0.1, 0.15) is 41.0 Å². The summed E-state index contributed by atoms with van der Waals surface area (Å²) in [6.45, 7) is 5.51. The first-order valence-electron chi connectivity index (χ1n) is 8.05. The van der Waals surface area contributed by atoms with E-state index in [4.69, 9.17) is 8.94 Å². The lowest BCUT2D eigenvalue weighted by molar-refractivity contribution is 0.0954. The van der Waals surface area contributed by atoms with E-state index in [0.29, 0.717) is 34.9 Å². The lowest BCUT2D eigenvalue weighted by Crippen LogP contribution is -2.21. The van der Waals surface area contributed by atoms with Gasteiger partial charge in [0.2, 0.25) is 0 Å². The molecular weight excluding hydrogens is 318 g/mol. The molecule has 2 heterocycles. The Hall–Kier alpha value is -3.15. The quantitative estimate of drug-likeness (QED) is 0.561. The summed E-state index contributed by atoms with van der Waals surface area (Å²) in [6.07, 6.45) is 0.626. The summed E-state index contributed by atoms with van der Waals surface area (Å²) in [5.41, 5.74) is 4.93. The summed E-state index contributed by atoms with van der Waals surface area (Å²) in [4.78, 5) is 12.6. The van der Waals surface area contributed by atoms with Crippen LogP contribution in [-0.4, -0.2) is 16.8 Å². The van der Waals surface area contributed by atoms with Crippen molar-refractivity contribution in [3.05, 3.63) is 65.3 Å². The lowest BCUT2D eigenvalue weighted by atomic mass is 10.1. The van der Waals surface area contributed by atoms with Crippen LogP contribution in [-0.2, 0) is 0 Å². The van der Waals surface area contributed by atoms with E-state index in [1.54, 1.807) is 6.92 Å². The van der Waals surface area contributed by atoms with Crippen LogP contribution in [0.4, 0.5) is 0 Å². The molecular formula is C19H19N3O3. The van der Waals surface area contributed by atoms with E-state index in [1.165, 1.54) is 0 Å². The van der Waals surface area contributed by atoms with Crippen molar-refractivity contribution in [1.29, 1.82) is 0 Å². The van der Waals surface area contributed by atoms with E-state index >= 15 is 0 Å². The van der Waals surface area contributed by atoms with Crippen molar-refractivity contribution >= 4 is 11.6 Å². The maximum absolute atomic E-state index is 12.6. The average molecular weight is 337 g/mol. The first kappa shape index (κ1) is 16.7. The molecule has 1 N–H and O–H groups in total. The van der Waals surface area contributed by atoms with Crippen molar-refractivity contribution in [3.63, 3.8) is 0 Å². The predicted octanol–water partition coefficient (Wildman–Crippen LogP) is 4.10. The molecule has 0 bridgehead atoms. The highest BCUT2D eigenvalue weighted by molar-refractivity contribution is 6.03. The fourth-order valence-electron chi connectivity index (χ4n) is 2.50. The maximum Gasteiger partial charge on any atom is 0.277 e.